The second kappa shape index (κ2) is 3.75. The van der Waals surface area contributed by atoms with Crippen LogP contribution in [0, 0.1) is 11.3 Å². The summed E-state index contributed by atoms with van der Waals surface area (Å²) in [6, 6.07) is 3.46. The van der Waals surface area contributed by atoms with Gasteiger partial charge in [-0.25, -0.2) is 0 Å². The lowest BCUT2D eigenvalue weighted by atomic mass is 10.3. The summed E-state index contributed by atoms with van der Waals surface area (Å²) >= 11 is 3.25. The lowest BCUT2D eigenvalue weighted by Gasteiger charge is -2.09. The van der Waals surface area contributed by atoms with Crippen LogP contribution in [0.2, 0.25) is 0 Å². The molecule has 3 nitrogen and oxygen atoms in total. The van der Waals surface area contributed by atoms with E-state index in [9.17, 15) is 4.79 Å². The third kappa shape index (κ3) is 1.99. The lowest BCUT2D eigenvalue weighted by Crippen LogP contribution is -2.23. The molecule has 0 aromatic carbocycles. The Kier molecular flexibility index (Phi) is 2.89. The van der Waals surface area contributed by atoms with E-state index >= 15 is 0 Å². The van der Waals surface area contributed by atoms with E-state index in [2.05, 4.69) is 15.9 Å². The van der Waals surface area contributed by atoms with Gasteiger partial charge in [-0.3, -0.25) is 4.79 Å². The van der Waals surface area contributed by atoms with E-state index in [1.54, 1.807) is 6.20 Å². The number of nitrogens with zero attached hydrogens (tertiary/aromatic N) is 2. The maximum atomic E-state index is 11.5. The number of pyridine rings is 1. The van der Waals surface area contributed by atoms with E-state index in [1.165, 1.54) is 10.6 Å². The zero-order valence-corrected chi connectivity index (χ0v) is 9.00. The van der Waals surface area contributed by atoms with Crippen molar-refractivity contribution >= 4 is 15.9 Å². The van der Waals surface area contributed by atoms with Gasteiger partial charge in [0.25, 0.3) is 5.56 Å². The Morgan fingerprint density at radius 2 is 2.23 bits per heavy atom. The molecule has 0 aliphatic carbocycles. The van der Waals surface area contributed by atoms with Crippen molar-refractivity contribution in [1.29, 1.82) is 5.26 Å². The summed E-state index contributed by atoms with van der Waals surface area (Å²) in [5.41, 5.74) is -0.0659. The molecule has 0 N–H and O–H groups in total. The smallest absolute Gasteiger partial charge is 0.268 e. The van der Waals surface area contributed by atoms with Crippen LogP contribution in [0.25, 0.3) is 0 Å². The summed E-state index contributed by atoms with van der Waals surface area (Å²) in [5, 5.41) is 8.66. The monoisotopic (exact) mass is 240 g/mol. The first-order valence-electron chi connectivity index (χ1n) is 3.88. The van der Waals surface area contributed by atoms with Gasteiger partial charge in [0.05, 0.1) is 0 Å². The molecular weight excluding hydrogens is 232 g/mol. The Bertz CT molecular complexity index is 415. The van der Waals surface area contributed by atoms with Gasteiger partial charge in [-0.1, -0.05) is 0 Å². The van der Waals surface area contributed by atoms with E-state index in [0.29, 0.717) is 0 Å². The van der Waals surface area contributed by atoms with Crippen LogP contribution in [0.3, 0.4) is 0 Å². The summed E-state index contributed by atoms with van der Waals surface area (Å²) in [7, 11) is 0. The number of rotatable bonds is 1. The van der Waals surface area contributed by atoms with Crippen LogP contribution in [0.1, 0.15) is 25.5 Å². The second-order valence-electron chi connectivity index (χ2n) is 2.99. The average Bonchev–Trinajstić information content (AvgIpc) is 2.08. The van der Waals surface area contributed by atoms with Gasteiger partial charge in [-0.05, 0) is 35.8 Å². The van der Waals surface area contributed by atoms with Crippen LogP contribution in [0.5, 0.6) is 0 Å². The molecule has 1 heterocycles. The van der Waals surface area contributed by atoms with Gasteiger partial charge in [-0.2, -0.15) is 5.26 Å². The molecule has 13 heavy (non-hydrogen) atoms. The van der Waals surface area contributed by atoms with Crippen molar-refractivity contribution in [2.75, 3.05) is 0 Å². The van der Waals surface area contributed by atoms with Crippen molar-refractivity contribution in [3.63, 3.8) is 0 Å². The van der Waals surface area contributed by atoms with Crippen molar-refractivity contribution in [3.05, 3.63) is 32.7 Å². The first kappa shape index (κ1) is 10.0. The molecule has 0 amide bonds. The molecule has 0 aliphatic heterocycles. The van der Waals surface area contributed by atoms with Gasteiger partial charge in [0.15, 0.2) is 0 Å². The molecule has 0 aliphatic rings. The van der Waals surface area contributed by atoms with Crippen LogP contribution >= 0.6 is 15.9 Å². The van der Waals surface area contributed by atoms with Gasteiger partial charge >= 0.3 is 0 Å². The standard InChI is InChI=1S/C9H9BrN2O/c1-6(2)12-5-8(10)3-7(4-11)9(12)13/h3,5-6H,1-2H3. The lowest BCUT2D eigenvalue weighted by molar-refractivity contribution is 0.575. The largest absolute Gasteiger partial charge is 0.311 e. The summed E-state index contributed by atoms with van der Waals surface area (Å²) in [4.78, 5) is 11.5. The predicted octanol–water partition coefficient (Wildman–Crippen LogP) is 2.06. The molecular formula is C9H9BrN2O. The molecule has 0 bridgehead atoms. The van der Waals surface area contributed by atoms with Crippen molar-refractivity contribution in [2.24, 2.45) is 0 Å². The SMILES string of the molecule is CC(C)n1cc(Br)cc(C#N)c1=O. The highest BCUT2D eigenvalue weighted by Crippen LogP contribution is 2.11. The minimum atomic E-state index is -0.235. The van der Waals surface area contributed by atoms with E-state index in [4.69, 9.17) is 5.26 Å². The zero-order chi connectivity index (χ0) is 10.0. The summed E-state index contributed by atoms with van der Waals surface area (Å²) in [5.74, 6) is 0. The Morgan fingerprint density at radius 3 is 2.69 bits per heavy atom. The van der Waals surface area contributed by atoms with Gasteiger partial charge < -0.3 is 4.57 Å². The minimum absolute atomic E-state index is 0.0668. The maximum Gasteiger partial charge on any atom is 0.268 e. The highest BCUT2D eigenvalue weighted by atomic mass is 79.9. The highest BCUT2D eigenvalue weighted by molar-refractivity contribution is 9.10. The quantitative estimate of drug-likeness (QED) is 0.755. The summed E-state index contributed by atoms with van der Waals surface area (Å²) in [6.07, 6.45) is 1.69. The fourth-order valence-corrected chi connectivity index (χ4v) is 1.48. The molecule has 0 fully saturated rings. The topological polar surface area (TPSA) is 45.8 Å². The Labute approximate surface area is 84.7 Å². The van der Waals surface area contributed by atoms with Crippen LogP contribution in [0.4, 0.5) is 0 Å². The zero-order valence-electron chi connectivity index (χ0n) is 7.41. The third-order valence-electron chi connectivity index (χ3n) is 1.69. The maximum absolute atomic E-state index is 11.5. The normalized spacial score (nSPS) is 10.1. The third-order valence-corrected chi connectivity index (χ3v) is 2.12. The molecule has 1 rings (SSSR count). The van der Waals surface area contributed by atoms with E-state index in [1.807, 2.05) is 19.9 Å². The van der Waals surface area contributed by atoms with Crippen LogP contribution in [0.15, 0.2) is 21.5 Å². The van der Waals surface area contributed by atoms with Crippen molar-refractivity contribution in [2.45, 2.75) is 19.9 Å². The van der Waals surface area contributed by atoms with Gasteiger partial charge in [-0.15, -0.1) is 0 Å². The van der Waals surface area contributed by atoms with E-state index in [0.717, 1.165) is 4.47 Å². The number of halogens is 1. The van der Waals surface area contributed by atoms with Crippen LogP contribution in [-0.4, -0.2) is 4.57 Å². The van der Waals surface area contributed by atoms with Gasteiger partial charge in [0.2, 0.25) is 0 Å². The molecule has 1 aromatic rings. The van der Waals surface area contributed by atoms with Crippen molar-refractivity contribution < 1.29 is 0 Å². The van der Waals surface area contributed by atoms with Crippen LogP contribution in [-0.2, 0) is 0 Å². The first-order valence-corrected chi connectivity index (χ1v) is 4.67. The summed E-state index contributed by atoms with van der Waals surface area (Å²) < 4.78 is 2.28. The molecule has 0 saturated heterocycles. The second-order valence-corrected chi connectivity index (χ2v) is 3.91. The number of aromatic nitrogens is 1. The van der Waals surface area contributed by atoms with E-state index < -0.39 is 0 Å². The Balaban J connectivity index is 3.47. The minimum Gasteiger partial charge on any atom is -0.311 e. The van der Waals surface area contributed by atoms with Crippen molar-refractivity contribution in [3.8, 4) is 6.07 Å². The molecule has 1 aromatic heterocycles. The molecule has 0 spiro atoms. The van der Waals surface area contributed by atoms with Gasteiger partial charge in [0, 0.05) is 16.7 Å². The van der Waals surface area contributed by atoms with Crippen molar-refractivity contribution in [1.82, 2.24) is 4.57 Å². The highest BCUT2D eigenvalue weighted by Gasteiger charge is 2.06. The van der Waals surface area contributed by atoms with Crippen LogP contribution < -0.4 is 5.56 Å². The Hall–Kier alpha value is -1.08. The van der Waals surface area contributed by atoms with Gasteiger partial charge in [0.1, 0.15) is 11.6 Å². The molecule has 68 valence electrons. The summed E-state index contributed by atoms with van der Waals surface area (Å²) in [6.45, 7) is 3.80. The molecule has 0 unspecified atom stereocenters. The number of hydrogen-bond donors (Lipinski definition) is 0. The fourth-order valence-electron chi connectivity index (χ4n) is 1.03. The Morgan fingerprint density at radius 1 is 1.62 bits per heavy atom. The average molecular weight is 241 g/mol. The predicted molar refractivity (Wildman–Crippen MR) is 53.5 cm³/mol. The number of nitriles is 1. The fraction of sp³-hybridized carbons (Fsp3) is 0.333. The molecule has 0 saturated carbocycles. The first-order chi connectivity index (χ1) is 6.06. The number of hydrogen-bond acceptors (Lipinski definition) is 2. The molecule has 0 atom stereocenters. The molecule has 4 heteroatoms. The molecule has 0 radical (unpaired) electrons. The van der Waals surface area contributed by atoms with E-state index in [-0.39, 0.29) is 17.2 Å².